The highest BCUT2D eigenvalue weighted by Gasteiger charge is 2.15. The van der Waals surface area contributed by atoms with Crippen LogP contribution < -0.4 is 10.5 Å². The summed E-state index contributed by atoms with van der Waals surface area (Å²) in [5, 5.41) is 0.0870. The quantitative estimate of drug-likeness (QED) is 0.869. The molecule has 5 heteroatoms. The van der Waals surface area contributed by atoms with Gasteiger partial charge in [-0.3, -0.25) is 0 Å². The van der Waals surface area contributed by atoms with Gasteiger partial charge in [-0.2, -0.15) is 0 Å². The Hall–Kier alpha value is -1.65. The summed E-state index contributed by atoms with van der Waals surface area (Å²) in [4.78, 5) is 0. The maximum Gasteiger partial charge on any atom is 0.166 e. The van der Waals surface area contributed by atoms with Gasteiger partial charge in [0.15, 0.2) is 11.6 Å². The SMILES string of the molecule is CCC(N)Cc1cccc(F)c1Oc1ccc(F)cc1Cl. The Balaban J connectivity index is 2.34. The lowest BCUT2D eigenvalue weighted by molar-refractivity contribution is 0.432. The lowest BCUT2D eigenvalue weighted by Crippen LogP contribution is -2.21. The van der Waals surface area contributed by atoms with Crippen LogP contribution in [-0.2, 0) is 6.42 Å². The number of hydrogen-bond donors (Lipinski definition) is 1. The molecule has 1 atom stereocenters. The predicted molar refractivity (Wildman–Crippen MR) is 79.9 cm³/mol. The molecule has 0 amide bonds. The van der Waals surface area contributed by atoms with Crippen molar-refractivity contribution in [2.75, 3.05) is 0 Å². The fourth-order valence-electron chi connectivity index (χ4n) is 1.92. The van der Waals surface area contributed by atoms with E-state index in [1.807, 2.05) is 6.92 Å². The minimum absolute atomic E-state index is 0.0786. The van der Waals surface area contributed by atoms with Crippen LogP contribution in [0.1, 0.15) is 18.9 Å². The zero-order valence-corrected chi connectivity index (χ0v) is 12.3. The van der Waals surface area contributed by atoms with E-state index in [2.05, 4.69) is 0 Å². The molecule has 2 nitrogen and oxygen atoms in total. The van der Waals surface area contributed by atoms with Crippen molar-refractivity contribution in [1.29, 1.82) is 0 Å². The maximum atomic E-state index is 14.0. The molecule has 0 spiro atoms. The molecule has 0 bridgehead atoms. The van der Waals surface area contributed by atoms with Crippen molar-refractivity contribution in [3.63, 3.8) is 0 Å². The van der Waals surface area contributed by atoms with E-state index in [9.17, 15) is 8.78 Å². The van der Waals surface area contributed by atoms with Crippen LogP contribution in [0.25, 0.3) is 0 Å². The molecule has 2 N–H and O–H groups in total. The number of ether oxygens (including phenoxy) is 1. The lowest BCUT2D eigenvalue weighted by atomic mass is 10.0. The van der Waals surface area contributed by atoms with Crippen LogP contribution in [0.2, 0.25) is 5.02 Å². The molecule has 0 fully saturated rings. The van der Waals surface area contributed by atoms with Gasteiger partial charge in [-0.05, 0) is 42.7 Å². The van der Waals surface area contributed by atoms with E-state index in [1.54, 1.807) is 12.1 Å². The molecule has 0 radical (unpaired) electrons. The zero-order chi connectivity index (χ0) is 15.4. The molecule has 0 saturated heterocycles. The van der Waals surface area contributed by atoms with E-state index in [0.717, 1.165) is 12.5 Å². The summed E-state index contributed by atoms with van der Waals surface area (Å²) in [6.45, 7) is 1.96. The van der Waals surface area contributed by atoms with Gasteiger partial charge in [-0.15, -0.1) is 0 Å². The fourth-order valence-corrected chi connectivity index (χ4v) is 2.13. The average Bonchev–Trinajstić information content (AvgIpc) is 2.44. The summed E-state index contributed by atoms with van der Waals surface area (Å²) in [6, 6.07) is 8.27. The van der Waals surface area contributed by atoms with E-state index in [0.29, 0.717) is 12.0 Å². The maximum absolute atomic E-state index is 14.0. The minimum atomic E-state index is -0.504. The molecule has 0 aliphatic rings. The monoisotopic (exact) mass is 311 g/mol. The van der Waals surface area contributed by atoms with Crippen LogP contribution in [0, 0.1) is 11.6 Å². The predicted octanol–water partition coefficient (Wildman–Crippen LogP) is 4.69. The summed E-state index contributed by atoms with van der Waals surface area (Å²) in [5.74, 6) is -0.699. The third-order valence-electron chi connectivity index (χ3n) is 3.16. The van der Waals surface area contributed by atoms with Crippen molar-refractivity contribution in [3.8, 4) is 11.5 Å². The van der Waals surface area contributed by atoms with E-state index in [4.69, 9.17) is 22.1 Å². The summed E-state index contributed by atoms with van der Waals surface area (Å²) in [7, 11) is 0. The van der Waals surface area contributed by atoms with Crippen LogP contribution in [0.5, 0.6) is 11.5 Å². The number of para-hydroxylation sites is 1. The highest BCUT2D eigenvalue weighted by atomic mass is 35.5. The molecule has 2 aromatic rings. The van der Waals surface area contributed by atoms with Gasteiger partial charge in [-0.1, -0.05) is 30.7 Å². The number of hydrogen-bond acceptors (Lipinski definition) is 2. The van der Waals surface area contributed by atoms with Crippen molar-refractivity contribution in [1.82, 2.24) is 0 Å². The molecule has 0 aliphatic heterocycles. The van der Waals surface area contributed by atoms with Gasteiger partial charge in [0.05, 0.1) is 5.02 Å². The van der Waals surface area contributed by atoms with Gasteiger partial charge in [0, 0.05) is 6.04 Å². The van der Waals surface area contributed by atoms with E-state index >= 15 is 0 Å². The Morgan fingerprint density at radius 3 is 2.67 bits per heavy atom. The van der Waals surface area contributed by atoms with Crippen molar-refractivity contribution < 1.29 is 13.5 Å². The first-order valence-corrected chi connectivity index (χ1v) is 7.05. The number of halogens is 3. The average molecular weight is 312 g/mol. The summed E-state index contributed by atoms with van der Waals surface area (Å²) >= 11 is 5.90. The van der Waals surface area contributed by atoms with Crippen LogP contribution in [0.3, 0.4) is 0 Å². The molecule has 0 saturated carbocycles. The Kier molecular flexibility index (Phi) is 5.15. The third-order valence-corrected chi connectivity index (χ3v) is 3.46. The molecule has 1 unspecified atom stereocenters. The van der Waals surface area contributed by atoms with Gasteiger partial charge < -0.3 is 10.5 Å². The number of rotatable bonds is 5. The Morgan fingerprint density at radius 2 is 2.00 bits per heavy atom. The van der Waals surface area contributed by atoms with Gasteiger partial charge in [0.25, 0.3) is 0 Å². The molecule has 0 heterocycles. The second kappa shape index (κ2) is 6.87. The molecule has 2 aromatic carbocycles. The van der Waals surface area contributed by atoms with Gasteiger partial charge in [-0.25, -0.2) is 8.78 Å². The van der Waals surface area contributed by atoms with Crippen molar-refractivity contribution in [2.24, 2.45) is 5.73 Å². The zero-order valence-electron chi connectivity index (χ0n) is 11.6. The second-order valence-electron chi connectivity index (χ2n) is 4.78. The van der Waals surface area contributed by atoms with Gasteiger partial charge >= 0.3 is 0 Å². The Bertz CT molecular complexity index is 634. The number of nitrogens with two attached hydrogens (primary N) is 1. The molecule has 2 rings (SSSR count). The van der Waals surface area contributed by atoms with Crippen molar-refractivity contribution in [2.45, 2.75) is 25.8 Å². The van der Waals surface area contributed by atoms with E-state index in [-0.39, 0.29) is 22.6 Å². The van der Waals surface area contributed by atoms with Crippen molar-refractivity contribution >= 4 is 11.6 Å². The minimum Gasteiger partial charge on any atom is -0.452 e. The van der Waals surface area contributed by atoms with Crippen molar-refractivity contribution in [3.05, 3.63) is 58.6 Å². The van der Waals surface area contributed by atoms with Crippen LogP contribution in [0.15, 0.2) is 36.4 Å². The first kappa shape index (κ1) is 15.7. The molecule has 0 aromatic heterocycles. The third kappa shape index (κ3) is 3.93. The van der Waals surface area contributed by atoms with Crippen LogP contribution >= 0.6 is 11.6 Å². The molecule has 0 aliphatic carbocycles. The van der Waals surface area contributed by atoms with Crippen LogP contribution in [0.4, 0.5) is 8.78 Å². The first-order chi connectivity index (χ1) is 10.0. The fraction of sp³-hybridized carbons (Fsp3) is 0.250. The summed E-state index contributed by atoms with van der Waals surface area (Å²) in [6.07, 6.45) is 1.26. The normalized spacial score (nSPS) is 12.2. The lowest BCUT2D eigenvalue weighted by Gasteiger charge is -2.15. The second-order valence-corrected chi connectivity index (χ2v) is 5.18. The van der Waals surface area contributed by atoms with Gasteiger partial charge in [0.1, 0.15) is 11.6 Å². The van der Waals surface area contributed by atoms with E-state index in [1.165, 1.54) is 18.2 Å². The van der Waals surface area contributed by atoms with Gasteiger partial charge in [0.2, 0.25) is 0 Å². The topological polar surface area (TPSA) is 35.2 Å². The Morgan fingerprint density at radius 1 is 1.24 bits per heavy atom. The molecular formula is C16H16ClF2NO. The molecule has 112 valence electrons. The Labute approximate surface area is 127 Å². The highest BCUT2D eigenvalue weighted by molar-refractivity contribution is 6.32. The largest absolute Gasteiger partial charge is 0.452 e. The highest BCUT2D eigenvalue weighted by Crippen LogP contribution is 2.34. The standard InChI is InChI=1S/C16H16ClF2NO/c1-2-12(20)8-10-4-3-5-14(19)16(10)21-15-7-6-11(18)9-13(15)17/h3-7,9,12H,2,8,20H2,1H3. The molecule has 21 heavy (non-hydrogen) atoms. The molecular weight excluding hydrogens is 296 g/mol. The van der Waals surface area contributed by atoms with Crippen LogP contribution in [-0.4, -0.2) is 6.04 Å². The summed E-state index contributed by atoms with van der Waals surface area (Å²) < 4.78 is 32.6. The van der Waals surface area contributed by atoms with E-state index < -0.39 is 11.6 Å². The summed E-state index contributed by atoms with van der Waals surface area (Å²) in [5.41, 5.74) is 6.57. The first-order valence-electron chi connectivity index (χ1n) is 6.67. The number of benzene rings is 2. The smallest absolute Gasteiger partial charge is 0.166 e.